The Labute approximate surface area is 185 Å². The van der Waals surface area contributed by atoms with Crippen molar-refractivity contribution in [1.29, 1.82) is 0 Å². The van der Waals surface area contributed by atoms with E-state index in [0.29, 0.717) is 5.92 Å². The van der Waals surface area contributed by atoms with Crippen molar-refractivity contribution in [3.63, 3.8) is 0 Å². The van der Waals surface area contributed by atoms with E-state index in [-0.39, 0.29) is 12.2 Å². The number of piperidine rings is 1. The molecule has 0 spiro atoms. The average Bonchev–Trinajstić information content (AvgIpc) is 3.16. The first-order valence-corrected chi connectivity index (χ1v) is 11.7. The molecule has 0 N–H and O–H groups in total. The summed E-state index contributed by atoms with van der Waals surface area (Å²) in [5, 5.41) is 0. The van der Waals surface area contributed by atoms with Gasteiger partial charge in [-0.15, -0.1) is 0 Å². The molecule has 0 saturated carbocycles. The minimum absolute atomic E-state index is 0.101. The number of nitrogens with zero attached hydrogens (tertiary/aromatic N) is 3. The Bertz CT molecular complexity index is 1030. The van der Waals surface area contributed by atoms with Crippen LogP contribution in [0.3, 0.4) is 0 Å². The topological polar surface area (TPSA) is 30.3 Å². The molecule has 4 nitrogen and oxygen atoms in total. The van der Waals surface area contributed by atoms with Crippen molar-refractivity contribution in [3.8, 4) is 11.3 Å². The first-order chi connectivity index (χ1) is 15.1. The third-order valence-corrected chi connectivity index (χ3v) is 6.87. The number of imidazole rings is 1. The van der Waals surface area contributed by atoms with Gasteiger partial charge in [0.05, 0.1) is 11.8 Å². The van der Waals surface area contributed by atoms with Crippen LogP contribution in [-0.4, -0.2) is 40.7 Å². The first kappa shape index (κ1) is 20.5. The fourth-order valence-electron chi connectivity index (χ4n) is 4.84. The van der Waals surface area contributed by atoms with E-state index >= 15 is 0 Å². The van der Waals surface area contributed by atoms with Gasteiger partial charge in [0, 0.05) is 31.4 Å². The Morgan fingerprint density at radius 2 is 1.71 bits per heavy atom. The Morgan fingerprint density at radius 1 is 0.968 bits per heavy atom. The van der Waals surface area contributed by atoms with Gasteiger partial charge in [0.1, 0.15) is 11.9 Å². The summed E-state index contributed by atoms with van der Waals surface area (Å²) >= 11 is 0. The maximum absolute atomic E-state index is 6.80. The number of hydrogen-bond acceptors (Lipinski definition) is 3. The molecular weight excluding hydrogens is 382 g/mol. The van der Waals surface area contributed by atoms with Crippen LogP contribution < -0.4 is 0 Å². The van der Waals surface area contributed by atoms with E-state index in [2.05, 4.69) is 85.1 Å². The van der Waals surface area contributed by atoms with Crippen LogP contribution in [0.4, 0.5) is 0 Å². The van der Waals surface area contributed by atoms with Crippen molar-refractivity contribution in [2.75, 3.05) is 20.1 Å². The van der Waals surface area contributed by atoms with Crippen molar-refractivity contribution >= 4 is 0 Å². The predicted octanol–water partition coefficient (Wildman–Crippen LogP) is 5.43. The van der Waals surface area contributed by atoms with Crippen LogP contribution in [0, 0.1) is 0 Å². The third-order valence-electron chi connectivity index (χ3n) is 6.87. The predicted molar refractivity (Wildman–Crippen MR) is 125 cm³/mol. The Hall–Kier alpha value is -2.43. The standard InChI is InChI=1S/C27H33N3O/c1-19(2)20-8-10-22(11-9-20)25-18-30-17-12-21-6-4-5-7-24(21)26(27(30)28-25)31-23-13-15-29(3)16-14-23/h4-11,18-19,23,26H,12-17H2,1-3H3. The van der Waals surface area contributed by atoms with E-state index in [1.54, 1.807) is 0 Å². The lowest BCUT2D eigenvalue weighted by molar-refractivity contribution is -0.0275. The van der Waals surface area contributed by atoms with Crippen LogP contribution in [0.15, 0.2) is 54.7 Å². The summed E-state index contributed by atoms with van der Waals surface area (Å²) in [6, 6.07) is 17.6. The van der Waals surface area contributed by atoms with Crippen LogP contribution in [-0.2, 0) is 17.7 Å². The summed E-state index contributed by atoms with van der Waals surface area (Å²) in [5.41, 5.74) is 6.25. The normalized spacial score (nSPS) is 19.8. The average molecular weight is 416 g/mol. The van der Waals surface area contributed by atoms with Crippen LogP contribution >= 0.6 is 0 Å². The number of benzene rings is 2. The van der Waals surface area contributed by atoms with E-state index in [1.165, 1.54) is 22.3 Å². The van der Waals surface area contributed by atoms with Crippen LogP contribution in [0.5, 0.6) is 0 Å². The summed E-state index contributed by atoms with van der Waals surface area (Å²) in [5.74, 6) is 1.59. The van der Waals surface area contributed by atoms with Gasteiger partial charge in [0.2, 0.25) is 0 Å². The quantitative estimate of drug-likeness (QED) is 0.569. The molecule has 1 fully saturated rings. The Kier molecular flexibility index (Phi) is 5.68. The van der Waals surface area contributed by atoms with Gasteiger partial charge in [-0.25, -0.2) is 4.98 Å². The van der Waals surface area contributed by atoms with Crippen molar-refractivity contribution in [2.24, 2.45) is 0 Å². The molecule has 4 heteroatoms. The Morgan fingerprint density at radius 3 is 2.45 bits per heavy atom. The zero-order chi connectivity index (χ0) is 21.4. The van der Waals surface area contributed by atoms with E-state index < -0.39 is 0 Å². The lowest BCUT2D eigenvalue weighted by atomic mass is 9.99. The molecular formula is C27H33N3O. The molecule has 31 heavy (non-hydrogen) atoms. The highest BCUT2D eigenvalue weighted by Crippen LogP contribution is 2.36. The smallest absolute Gasteiger partial charge is 0.143 e. The molecule has 3 aromatic rings. The van der Waals surface area contributed by atoms with Gasteiger partial charge >= 0.3 is 0 Å². The SMILES string of the molecule is CC(C)c1ccc(-c2cn3c(n2)C(OC2CCN(C)CC2)c2ccccc2CC3)cc1. The van der Waals surface area contributed by atoms with Crippen LogP contribution in [0.1, 0.15) is 61.2 Å². The molecule has 3 heterocycles. The largest absolute Gasteiger partial charge is 0.362 e. The molecule has 2 aromatic carbocycles. The van der Waals surface area contributed by atoms with E-state index in [4.69, 9.17) is 9.72 Å². The summed E-state index contributed by atoms with van der Waals surface area (Å²) in [7, 11) is 2.20. The first-order valence-electron chi connectivity index (χ1n) is 11.7. The van der Waals surface area contributed by atoms with Gasteiger partial charge in [0.15, 0.2) is 0 Å². The summed E-state index contributed by atoms with van der Waals surface area (Å²) in [6.45, 7) is 7.60. The highest BCUT2D eigenvalue weighted by molar-refractivity contribution is 5.59. The van der Waals surface area contributed by atoms with Crippen molar-refractivity contribution < 1.29 is 4.74 Å². The molecule has 1 aromatic heterocycles. The van der Waals surface area contributed by atoms with Gasteiger partial charge in [-0.2, -0.15) is 0 Å². The van der Waals surface area contributed by atoms with Gasteiger partial charge in [0.25, 0.3) is 0 Å². The van der Waals surface area contributed by atoms with Gasteiger partial charge < -0.3 is 14.2 Å². The van der Waals surface area contributed by atoms with E-state index in [9.17, 15) is 0 Å². The second-order valence-electron chi connectivity index (χ2n) is 9.42. The molecule has 0 aliphatic carbocycles. The zero-order valence-electron chi connectivity index (χ0n) is 18.9. The maximum Gasteiger partial charge on any atom is 0.143 e. The minimum atomic E-state index is -0.101. The molecule has 0 amide bonds. The maximum atomic E-state index is 6.80. The summed E-state index contributed by atoms with van der Waals surface area (Å²) in [4.78, 5) is 7.53. The number of ether oxygens (including phenoxy) is 1. The van der Waals surface area contributed by atoms with Crippen molar-refractivity contribution in [2.45, 2.75) is 57.8 Å². The van der Waals surface area contributed by atoms with E-state index in [0.717, 1.165) is 50.4 Å². The van der Waals surface area contributed by atoms with Crippen LogP contribution in [0.2, 0.25) is 0 Å². The van der Waals surface area contributed by atoms with Crippen LogP contribution in [0.25, 0.3) is 11.3 Å². The number of aromatic nitrogens is 2. The highest BCUT2D eigenvalue weighted by atomic mass is 16.5. The molecule has 0 bridgehead atoms. The van der Waals surface area contributed by atoms with Gasteiger partial charge in [-0.3, -0.25) is 0 Å². The summed E-state index contributed by atoms with van der Waals surface area (Å²) in [6.07, 6.45) is 5.58. The molecule has 0 radical (unpaired) electrons. The highest BCUT2D eigenvalue weighted by Gasteiger charge is 2.30. The molecule has 2 aliphatic rings. The fraction of sp³-hybridized carbons (Fsp3) is 0.444. The fourth-order valence-corrected chi connectivity index (χ4v) is 4.84. The third kappa shape index (κ3) is 4.19. The summed E-state index contributed by atoms with van der Waals surface area (Å²) < 4.78 is 9.13. The lowest BCUT2D eigenvalue weighted by Crippen LogP contribution is -2.35. The second kappa shape index (κ2) is 8.60. The minimum Gasteiger partial charge on any atom is -0.362 e. The van der Waals surface area contributed by atoms with Crippen molar-refractivity contribution in [1.82, 2.24) is 14.5 Å². The lowest BCUT2D eigenvalue weighted by Gasteiger charge is -2.32. The molecule has 1 atom stereocenters. The number of hydrogen-bond donors (Lipinski definition) is 0. The molecule has 162 valence electrons. The molecule has 5 rings (SSSR count). The Balaban J connectivity index is 1.50. The van der Waals surface area contributed by atoms with Gasteiger partial charge in [-0.05, 0) is 48.9 Å². The number of rotatable bonds is 4. The molecule has 1 unspecified atom stereocenters. The van der Waals surface area contributed by atoms with Crippen molar-refractivity contribution in [3.05, 3.63) is 77.2 Å². The molecule has 2 aliphatic heterocycles. The number of fused-ring (bicyclic) bond motifs is 2. The number of likely N-dealkylation sites (tertiary alicyclic amines) is 1. The van der Waals surface area contributed by atoms with E-state index in [1.807, 2.05) is 0 Å². The number of aryl methyl sites for hydroxylation is 2. The monoisotopic (exact) mass is 415 g/mol. The molecule has 1 saturated heterocycles. The second-order valence-corrected chi connectivity index (χ2v) is 9.42. The zero-order valence-corrected chi connectivity index (χ0v) is 18.9. The van der Waals surface area contributed by atoms with Gasteiger partial charge in [-0.1, -0.05) is 62.4 Å².